The van der Waals surface area contributed by atoms with Gasteiger partial charge in [0.05, 0.1) is 0 Å². The summed E-state index contributed by atoms with van der Waals surface area (Å²) >= 11 is 0. The number of hydrogen-bond donors (Lipinski definition) is 2. The molecule has 0 heterocycles. The second-order valence-corrected chi connectivity index (χ2v) is 5.27. The van der Waals surface area contributed by atoms with Crippen molar-refractivity contribution in [3.8, 4) is 11.8 Å². The molecule has 4 nitrogen and oxygen atoms in total. The van der Waals surface area contributed by atoms with Gasteiger partial charge in [-0.1, -0.05) is 54.3 Å². The van der Waals surface area contributed by atoms with Gasteiger partial charge < -0.3 is 15.4 Å². The number of hydrogen-bond acceptors (Lipinski definition) is 3. The van der Waals surface area contributed by atoms with Gasteiger partial charge in [-0.3, -0.25) is 0 Å². The number of benzene rings is 2. The van der Waals surface area contributed by atoms with Crippen molar-refractivity contribution < 1.29 is 9.53 Å². The summed E-state index contributed by atoms with van der Waals surface area (Å²) in [5.41, 5.74) is 3.17. The molecule has 0 saturated heterocycles. The number of carbonyl (C=O) groups is 1. The van der Waals surface area contributed by atoms with Crippen LogP contribution < -0.4 is 10.6 Å². The Morgan fingerprint density at radius 2 is 1.79 bits per heavy atom. The fourth-order valence-electron chi connectivity index (χ4n) is 2.08. The average molecular weight is 322 g/mol. The highest BCUT2D eigenvalue weighted by molar-refractivity contribution is 5.67. The summed E-state index contributed by atoms with van der Waals surface area (Å²) in [7, 11) is 1.92. The summed E-state index contributed by atoms with van der Waals surface area (Å²) in [5.74, 6) is 6.13. The highest BCUT2D eigenvalue weighted by atomic mass is 16.5. The number of amides is 1. The zero-order valence-electron chi connectivity index (χ0n) is 13.8. The Hall–Kier alpha value is -2.77. The predicted molar refractivity (Wildman–Crippen MR) is 95.3 cm³/mol. The van der Waals surface area contributed by atoms with E-state index in [0.29, 0.717) is 13.0 Å². The zero-order valence-corrected chi connectivity index (χ0v) is 13.8. The molecule has 2 N–H and O–H groups in total. The maximum Gasteiger partial charge on any atom is 0.407 e. The van der Waals surface area contributed by atoms with E-state index in [1.807, 2.05) is 49.5 Å². The number of ether oxygens (including phenoxy) is 1. The molecule has 2 aromatic carbocycles. The number of alkyl carbamates (subject to hydrolysis) is 1. The van der Waals surface area contributed by atoms with Gasteiger partial charge >= 0.3 is 6.09 Å². The van der Waals surface area contributed by atoms with Crippen LogP contribution in [-0.2, 0) is 17.9 Å². The van der Waals surface area contributed by atoms with E-state index in [1.165, 1.54) is 5.56 Å². The highest BCUT2D eigenvalue weighted by Gasteiger charge is 2.00. The van der Waals surface area contributed by atoms with Gasteiger partial charge in [0.25, 0.3) is 0 Å². The fraction of sp³-hybridized carbons (Fsp3) is 0.250. The summed E-state index contributed by atoms with van der Waals surface area (Å²) in [6, 6.07) is 17.7. The second kappa shape index (κ2) is 10.1. The first-order valence-corrected chi connectivity index (χ1v) is 7.95. The van der Waals surface area contributed by atoms with Crippen molar-refractivity contribution in [3.63, 3.8) is 0 Å². The highest BCUT2D eigenvalue weighted by Crippen LogP contribution is 2.03. The third-order valence-electron chi connectivity index (χ3n) is 3.30. The lowest BCUT2D eigenvalue weighted by molar-refractivity contribution is 0.140. The van der Waals surface area contributed by atoms with E-state index in [1.54, 1.807) is 0 Å². The number of rotatable bonds is 6. The van der Waals surface area contributed by atoms with Crippen molar-refractivity contribution in [1.29, 1.82) is 0 Å². The third-order valence-corrected chi connectivity index (χ3v) is 3.30. The Balaban J connectivity index is 1.64. The summed E-state index contributed by atoms with van der Waals surface area (Å²) in [5, 5.41) is 5.80. The SMILES string of the molecule is CNCc1ccc(C#CCCNC(=O)OCc2ccccc2)cc1. The fourth-order valence-corrected chi connectivity index (χ4v) is 2.08. The third kappa shape index (κ3) is 6.55. The summed E-state index contributed by atoms with van der Waals surface area (Å²) in [6.45, 7) is 1.60. The van der Waals surface area contributed by atoms with E-state index in [4.69, 9.17) is 4.74 Å². The van der Waals surface area contributed by atoms with Gasteiger partial charge in [0.1, 0.15) is 6.61 Å². The molecule has 124 valence electrons. The Morgan fingerprint density at radius 1 is 1.04 bits per heavy atom. The molecular weight excluding hydrogens is 300 g/mol. The van der Waals surface area contributed by atoms with Crippen molar-refractivity contribution in [2.24, 2.45) is 0 Å². The normalized spacial score (nSPS) is 9.71. The van der Waals surface area contributed by atoms with Gasteiger partial charge in [-0.05, 0) is 30.3 Å². The van der Waals surface area contributed by atoms with E-state index >= 15 is 0 Å². The summed E-state index contributed by atoms with van der Waals surface area (Å²) in [6.07, 6.45) is 0.163. The lowest BCUT2D eigenvalue weighted by Crippen LogP contribution is -2.24. The predicted octanol–water partition coefficient (Wildman–Crippen LogP) is 3.07. The van der Waals surface area contributed by atoms with Crippen molar-refractivity contribution >= 4 is 6.09 Å². The molecule has 0 unspecified atom stereocenters. The number of nitrogens with one attached hydrogen (secondary N) is 2. The first-order chi connectivity index (χ1) is 11.8. The van der Waals surface area contributed by atoms with Crippen LogP contribution in [0.25, 0.3) is 0 Å². The molecule has 24 heavy (non-hydrogen) atoms. The molecule has 4 heteroatoms. The maximum absolute atomic E-state index is 11.6. The molecule has 0 atom stereocenters. The molecule has 0 aliphatic heterocycles. The molecule has 0 aliphatic carbocycles. The maximum atomic E-state index is 11.6. The van der Waals surface area contributed by atoms with Crippen LogP contribution in [0.5, 0.6) is 0 Å². The minimum absolute atomic E-state index is 0.275. The van der Waals surface area contributed by atoms with Crippen LogP contribution in [0.3, 0.4) is 0 Å². The monoisotopic (exact) mass is 322 g/mol. The average Bonchev–Trinajstić information content (AvgIpc) is 2.62. The summed E-state index contributed by atoms with van der Waals surface area (Å²) in [4.78, 5) is 11.6. The molecule has 2 rings (SSSR count). The Bertz CT molecular complexity index is 685. The Morgan fingerprint density at radius 3 is 2.50 bits per heavy atom. The van der Waals surface area contributed by atoms with Gasteiger partial charge in [-0.25, -0.2) is 4.79 Å². The van der Waals surface area contributed by atoms with E-state index < -0.39 is 6.09 Å². The van der Waals surface area contributed by atoms with Crippen LogP contribution in [0, 0.1) is 11.8 Å². The van der Waals surface area contributed by atoms with E-state index in [0.717, 1.165) is 17.7 Å². The van der Waals surface area contributed by atoms with Crippen LogP contribution in [0.1, 0.15) is 23.1 Å². The molecule has 0 fully saturated rings. The van der Waals surface area contributed by atoms with Gasteiger partial charge in [0, 0.05) is 25.1 Å². The van der Waals surface area contributed by atoms with Gasteiger partial charge in [0.2, 0.25) is 0 Å². The van der Waals surface area contributed by atoms with Crippen molar-refractivity contribution in [1.82, 2.24) is 10.6 Å². The topological polar surface area (TPSA) is 50.4 Å². The molecule has 0 aliphatic rings. The standard InChI is InChI=1S/C20H22N2O2/c1-21-15-18-12-10-17(11-13-18)7-5-6-14-22-20(23)24-16-19-8-3-2-4-9-19/h2-4,8-13,21H,6,14-16H2,1H3,(H,22,23). The minimum atomic E-state index is -0.419. The van der Waals surface area contributed by atoms with E-state index in [2.05, 4.69) is 34.6 Å². The minimum Gasteiger partial charge on any atom is -0.445 e. The lowest BCUT2D eigenvalue weighted by atomic mass is 10.1. The van der Waals surface area contributed by atoms with Gasteiger partial charge in [-0.15, -0.1) is 0 Å². The number of carbonyl (C=O) groups excluding carboxylic acids is 1. The quantitative estimate of drug-likeness (QED) is 0.635. The Labute approximate surface area is 143 Å². The lowest BCUT2D eigenvalue weighted by Gasteiger charge is -2.05. The summed E-state index contributed by atoms with van der Waals surface area (Å²) < 4.78 is 5.12. The molecule has 0 bridgehead atoms. The van der Waals surface area contributed by atoms with Gasteiger partial charge in [0.15, 0.2) is 0 Å². The van der Waals surface area contributed by atoms with Crippen LogP contribution in [0.2, 0.25) is 0 Å². The zero-order chi connectivity index (χ0) is 17.0. The molecule has 0 aromatic heterocycles. The van der Waals surface area contributed by atoms with E-state index in [-0.39, 0.29) is 6.61 Å². The van der Waals surface area contributed by atoms with Gasteiger partial charge in [-0.2, -0.15) is 0 Å². The molecular formula is C20H22N2O2. The Kier molecular flexibility index (Phi) is 7.39. The molecule has 0 spiro atoms. The molecule has 2 aromatic rings. The first-order valence-electron chi connectivity index (χ1n) is 7.95. The molecule has 0 radical (unpaired) electrons. The van der Waals surface area contributed by atoms with Crippen LogP contribution >= 0.6 is 0 Å². The smallest absolute Gasteiger partial charge is 0.407 e. The first kappa shape index (κ1) is 17.6. The second-order valence-electron chi connectivity index (χ2n) is 5.27. The van der Waals surface area contributed by atoms with Crippen molar-refractivity contribution in [2.75, 3.05) is 13.6 Å². The largest absolute Gasteiger partial charge is 0.445 e. The van der Waals surface area contributed by atoms with Crippen LogP contribution in [0.4, 0.5) is 4.79 Å². The van der Waals surface area contributed by atoms with Crippen LogP contribution in [0.15, 0.2) is 54.6 Å². The van der Waals surface area contributed by atoms with E-state index in [9.17, 15) is 4.79 Å². The van der Waals surface area contributed by atoms with Crippen molar-refractivity contribution in [3.05, 3.63) is 71.3 Å². The van der Waals surface area contributed by atoms with Crippen LogP contribution in [-0.4, -0.2) is 19.7 Å². The molecule has 0 saturated carbocycles. The van der Waals surface area contributed by atoms with Crippen molar-refractivity contribution in [2.45, 2.75) is 19.6 Å². The molecule has 1 amide bonds.